The Kier molecular flexibility index (Phi) is 3.54. The Bertz CT molecular complexity index is 693. The number of nitrogens with zero attached hydrogens (tertiary/aromatic N) is 2. The van der Waals surface area contributed by atoms with Crippen molar-refractivity contribution in [2.45, 2.75) is 6.10 Å². The molecule has 3 nitrogen and oxygen atoms in total. The minimum absolute atomic E-state index is 0.656. The Morgan fingerprint density at radius 1 is 1.05 bits per heavy atom. The van der Waals surface area contributed by atoms with Crippen molar-refractivity contribution in [3.63, 3.8) is 0 Å². The SMILES string of the molecule is OC(c1ccc(Cl)cc1)c1ccccc1-n1ccnc1. The third-order valence-electron chi connectivity index (χ3n) is 3.20. The molecule has 3 rings (SSSR count). The molecule has 1 unspecified atom stereocenters. The molecule has 20 heavy (non-hydrogen) atoms. The van der Waals surface area contributed by atoms with E-state index in [9.17, 15) is 5.11 Å². The van der Waals surface area contributed by atoms with Gasteiger partial charge in [0.1, 0.15) is 6.10 Å². The smallest absolute Gasteiger partial charge is 0.106 e. The van der Waals surface area contributed by atoms with Crippen LogP contribution in [0.15, 0.2) is 67.3 Å². The first-order chi connectivity index (χ1) is 9.75. The molecule has 0 saturated carbocycles. The lowest BCUT2D eigenvalue weighted by Gasteiger charge is -2.16. The van der Waals surface area contributed by atoms with Gasteiger partial charge in [0.05, 0.1) is 12.0 Å². The Morgan fingerprint density at radius 2 is 1.80 bits per heavy atom. The molecular formula is C16H13ClN2O. The van der Waals surface area contributed by atoms with Crippen LogP contribution in [0.3, 0.4) is 0 Å². The largest absolute Gasteiger partial charge is 0.384 e. The Morgan fingerprint density at radius 3 is 2.50 bits per heavy atom. The summed E-state index contributed by atoms with van der Waals surface area (Å²) in [7, 11) is 0. The maximum absolute atomic E-state index is 10.6. The fraction of sp³-hybridized carbons (Fsp3) is 0.0625. The molecule has 100 valence electrons. The van der Waals surface area contributed by atoms with Crippen molar-refractivity contribution in [2.75, 3.05) is 0 Å². The van der Waals surface area contributed by atoms with Gasteiger partial charge in [-0.05, 0) is 23.8 Å². The minimum Gasteiger partial charge on any atom is -0.384 e. The Labute approximate surface area is 122 Å². The topological polar surface area (TPSA) is 38.0 Å². The second kappa shape index (κ2) is 5.49. The van der Waals surface area contributed by atoms with E-state index in [-0.39, 0.29) is 0 Å². The summed E-state index contributed by atoms with van der Waals surface area (Å²) in [6.07, 6.45) is 4.58. The maximum Gasteiger partial charge on any atom is 0.106 e. The zero-order chi connectivity index (χ0) is 13.9. The monoisotopic (exact) mass is 284 g/mol. The van der Waals surface area contributed by atoms with Gasteiger partial charge in [0.25, 0.3) is 0 Å². The number of rotatable bonds is 3. The van der Waals surface area contributed by atoms with Gasteiger partial charge in [0.2, 0.25) is 0 Å². The lowest BCUT2D eigenvalue weighted by atomic mass is 10.00. The van der Waals surface area contributed by atoms with Crippen molar-refractivity contribution in [2.24, 2.45) is 0 Å². The molecule has 2 aromatic carbocycles. The fourth-order valence-corrected chi connectivity index (χ4v) is 2.31. The number of benzene rings is 2. The molecule has 0 aliphatic heterocycles. The Hall–Kier alpha value is -2.10. The highest BCUT2D eigenvalue weighted by Crippen LogP contribution is 2.27. The van der Waals surface area contributed by atoms with Gasteiger partial charge in [0.15, 0.2) is 0 Å². The molecule has 3 aromatic rings. The number of aromatic nitrogens is 2. The van der Waals surface area contributed by atoms with Crippen LogP contribution in [0.25, 0.3) is 5.69 Å². The summed E-state index contributed by atoms with van der Waals surface area (Å²) in [4.78, 5) is 4.05. The zero-order valence-electron chi connectivity index (χ0n) is 10.6. The lowest BCUT2D eigenvalue weighted by Crippen LogP contribution is -2.05. The van der Waals surface area contributed by atoms with Crippen LogP contribution in [-0.4, -0.2) is 14.7 Å². The van der Waals surface area contributed by atoms with Crippen molar-refractivity contribution < 1.29 is 5.11 Å². The molecule has 1 N–H and O–H groups in total. The summed E-state index contributed by atoms with van der Waals surface area (Å²) < 4.78 is 1.88. The summed E-state index contributed by atoms with van der Waals surface area (Å²) in [5.41, 5.74) is 2.54. The first-order valence-corrected chi connectivity index (χ1v) is 6.64. The first kappa shape index (κ1) is 12.9. The lowest BCUT2D eigenvalue weighted by molar-refractivity contribution is 0.220. The standard InChI is InChI=1S/C16H13ClN2O/c17-13-7-5-12(6-8-13)16(20)14-3-1-2-4-15(14)19-10-9-18-11-19/h1-11,16,20H. The predicted molar refractivity (Wildman–Crippen MR) is 79.1 cm³/mol. The molecule has 1 aromatic heterocycles. The summed E-state index contributed by atoms with van der Waals surface area (Å²) >= 11 is 5.88. The van der Waals surface area contributed by atoms with E-state index in [0.29, 0.717) is 5.02 Å². The quantitative estimate of drug-likeness (QED) is 0.798. The van der Waals surface area contributed by atoms with E-state index < -0.39 is 6.10 Å². The molecule has 0 aliphatic rings. The van der Waals surface area contributed by atoms with Gasteiger partial charge < -0.3 is 9.67 Å². The van der Waals surface area contributed by atoms with E-state index in [1.165, 1.54) is 0 Å². The molecule has 0 spiro atoms. The second-order valence-electron chi connectivity index (χ2n) is 4.48. The summed E-state index contributed by atoms with van der Waals surface area (Å²) in [6, 6.07) is 14.9. The van der Waals surface area contributed by atoms with Crippen molar-refractivity contribution in [3.05, 3.63) is 83.4 Å². The highest BCUT2D eigenvalue weighted by molar-refractivity contribution is 6.30. The van der Waals surface area contributed by atoms with Crippen LogP contribution in [-0.2, 0) is 0 Å². The highest BCUT2D eigenvalue weighted by Gasteiger charge is 2.15. The van der Waals surface area contributed by atoms with Gasteiger partial charge in [-0.25, -0.2) is 4.98 Å². The molecule has 0 fully saturated rings. The molecular weight excluding hydrogens is 272 g/mol. The third kappa shape index (κ3) is 2.46. The summed E-state index contributed by atoms with van der Waals surface area (Å²) in [5, 5.41) is 11.2. The molecule has 0 saturated heterocycles. The first-order valence-electron chi connectivity index (χ1n) is 6.26. The van der Waals surface area contributed by atoms with Gasteiger partial charge in [-0.2, -0.15) is 0 Å². The summed E-state index contributed by atoms with van der Waals surface area (Å²) in [5.74, 6) is 0. The van der Waals surface area contributed by atoms with E-state index >= 15 is 0 Å². The summed E-state index contributed by atoms with van der Waals surface area (Å²) in [6.45, 7) is 0. The molecule has 4 heteroatoms. The molecule has 0 amide bonds. The van der Waals surface area contributed by atoms with Gasteiger partial charge in [-0.3, -0.25) is 0 Å². The van der Waals surface area contributed by atoms with Crippen molar-refractivity contribution in [3.8, 4) is 5.69 Å². The number of imidazole rings is 1. The number of hydrogen-bond donors (Lipinski definition) is 1. The highest BCUT2D eigenvalue weighted by atomic mass is 35.5. The van der Waals surface area contributed by atoms with Crippen molar-refractivity contribution in [1.82, 2.24) is 9.55 Å². The molecule has 0 aliphatic carbocycles. The van der Waals surface area contributed by atoms with Crippen LogP contribution in [0.1, 0.15) is 17.2 Å². The van der Waals surface area contributed by atoms with Crippen LogP contribution in [0.4, 0.5) is 0 Å². The number of halogens is 1. The zero-order valence-corrected chi connectivity index (χ0v) is 11.4. The van der Waals surface area contributed by atoms with Crippen molar-refractivity contribution >= 4 is 11.6 Å². The van der Waals surface area contributed by atoms with E-state index in [1.807, 2.05) is 47.2 Å². The third-order valence-corrected chi connectivity index (χ3v) is 3.45. The maximum atomic E-state index is 10.6. The Balaban J connectivity index is 2.04. The molecule has 1 heterocycles. The van der Waals surface area contributed by atoms with E-state index in [4.69, 9.17) is 11.6 Å². The fourth-order valence-electron chi connectivity index (χ4n) is 2.18. The van der Waals surface area contributed by atoms with Crippen LogP contribution in [0.2, 0.25) is 5.02 Å². The number of para-hydroxylation sites is 1. The number of aliphatic hydroxyl groups excluding tert-OH is 1. The van der Waals surface area contributed by atoms with E-state index in [0.717, 1.165) is 16.8 Å². The molecule has 0 radical (unpaired) electrons. The van der Waals surface area contributed by atoms with Crippen LogP contribution in [0.5, 0.6) is 0 Å². The molecule has 0 bridgehead atoms. The van der Waals surface area contributed by atoms with Gasteiger partial charge in [0, 0.05) is 23.0 Å². The number of aliphatic hydroxyl groups is 1. The normalized spacial score (nSPS) is 12.3. The van der Waals surface area contributed by atoms with Gasteiger partial charge in [-0.1, -0.05) is 41.9 Å². The molecule has 1 atom stereocenters. The number of hydrogen-bond acceptors (Lipinski definition) is 2. The van der Waals surface area contributed by atoms with Crippen LogP contribution < -0.4 is 0 Å². The van der Waals surface area contributed by atoms with E-state index in [1.54, 1.807) is 24.7 Å². The van der Waals surface area contributed by atoms with Gasteiger partial charge in [-0.15, -0.1) is 0 Å². The average molecular weight is 285 g/mol. The minimum atomic E-state index is -0.703. The van der Waals surface area contributed by atoms with E-state index in [2.05, 4.69) is 4.98 Å². The van der Waals surface area contributed by atoms with Crippen LogP contribution in [0, 0.1) is 0 Å². The van der Waals surface area contributed by atoms with Gasteiger partial charge >= 0.3 is 0 Å². The second-order valence-corrected chi connectivity index (χ2v) is 4.92. The predicted octanol–water partition coefficient (Wildman–Crippen LogP) is 3.61. The van der Waals surface area contributed by atoms with Crippen molar-refractivity contribution in [1.29, 1.82) is 0 Å². The van der Waals surface area contributed by atoms with Crippen LogP contribution >= 0.6 is 11.6 Å². The average Bonchev–Trinajstić information content (AvgIpc) is 3.01.